The molecule has 0 aromatic heterocycles. The van der Waals surface area contributed by atoms with Gasteiger partial charge in [0.15, 0.2) is 0 Å². The van der Waals surface area contributed by atoms with E-state index in [1.807, 2.05) is 88.4 Å². The number of Topliss-reactive ketones (excluding diaryl/α,β-unsaturated/α-hetero) is 1. The van der Waals surface area contributed by atoms with E-state index in [4.69, 9.17) is 0 Å². The van der Waals surface area contributed by atoms with Crippen LogP contribution >= 0.6 is 0 Å². The van der Waals surface area contributed by atoms with Crippen molar-refractivity contribution in [3.8, 4) is 0 Å². The van der Waals surface area contributed by atoms with Gasteiger partial charge in [-0.3, -0.25) is 4.79 Å². The zero-order valence-corrected chi connectivity index (χ0v) is 16.5. The first-order valence-corrected chi connectivity index (χ1v) is 9.32. The van der Waals surface area contributed by atoms with E-state index >= 15 is 0 Å². The topological polar surface area (TPSA) is 66.5 Å². The highest BCUT2D eigenvalue weighted by atomic mass is 16.1. The number of hydrogen-bond acceptors (Lipinski definition) is 5. The molecule has 0 saturated carbocycles. The van der Waals surface area contributed by atoms with Crippen LogP contribution in [0.4, 0.5) is 0 Å². The zero-order valence-electron chi connectivity index (χ0n) is 16.5. The maximum atomic E-state index is 13.6. The lowest BCUT2D eigenvalue weighted by atomic mass is 9.84. The number of azo groups is 2. The Morgan fingerprint density at radius 3 is 1.36 bits per heavy atom. The molecule has 28 heavy (non-hydrogen) atoms. The van der Waals surface area contributed by atoms with Crippen LogP contribution in [0.1, 0.15) is 38.8 Å². The Labute approximate surface area is 164 Å². The summed E-state index contributed by atoms with van der Waals surface area (Å²) in [6.45, 7) is 7.86. The summed E-state index contributed by atoms with van der Waals surface area (Å²) < 4.78 is 0. The van der Waals surface area contributed by atoms with Gasteiger partial charge >= 0.3 is 0 Å². The van der Waals surface area contributed by atoms with Crippen LogP contribution in [0.5, 0.6) is 0 Å². The molecule has 0 fully saturated rings. The third-order valence-corrected chi connectivity index (χ3v) is 5.05. The summed E-state index contributed by atoms with van der Waals surface area (Å²) in [5.74, 6) is -0.235. The molecule has 0 atom stereocenters. The average molecular weight is 370 g/mol. The lowest BCUT2D eigenvalue weighted by molar-refractivity contribution is -0.112. The minimum absolute atomic E-state index is 0.235. The van der Waals surface area contributed by atoms with E-state index in [2.05, 4.69) is 20.5 Å². The Morgan fingerprint density at radius 1 is 0.643 bits per heavy atom. The predicted octanol–water partition coefficient (Wildman–Crippen LogP) is 5.87. The smallest absolute Gasteiger partial charge is 0.234 e. The van der Waals surface area contributed by atoms with Crippen molar-refractivity contribution in [1.82, 2.24) is 0 Å². The van der Waals surface area contributed by atoms with Crippen molar-refractivity contribution in [2.45, 2.75) is 38.8 Å². The molecule has 2 aromatic rings. The van der Waals surface area contributed by atoms with Crippen molar-refractivity contribution in [2.75, 3.05) is 0 Å². The number of hydrogen-bond donors (Lipinski definition) is 0. The molecule has 0 saturated heterocycles. The number of nitrogens with zero attached hydrogens (tertiary/aromatic N) is 4. The SMILES string of the molecule is CC1(C)N=NC(C(=O)C2=C(c3ccccc3)C(C)(C)N=N2)=C1c1ccccc1. The standard InChI is InChI=1S/C23H22N4O/c1-22(2)17(15-11-7-5-8-12-15)19(24-26-22)21(28)20-18(23(3,4)27-25-20)16-13-9-6-10-14-16/h5-14H,1-4H3. The van der Waals surface area contributed by atoms with Crippen LogP contribution in [0, 0.1) is 0 Å². The van der Waals surface area contributed by atoms with Crippen LogP contribution in [0.15, 0.2) is 92.5 Å². The largest absolute Gasteiger partial charge is 0.285 e. The first-order valence-electron chi connectivity index (χ1n) is 9.32. The highest BCUT2D eigenvalue weighted by molar-refractivity contribution is 6.17. The molecule has 0 N–H and O–H groups in total. The number of rotatable bonds is 4. The summed E-state index contributed by atoms with van der Waals surface area (Å²) in [5.41, 5.74) is 3.05. The molecule has 2 aromatic carbocycles. The normalized spacial score (nSPS) is 19.6. The van der Waals surface area contributed by atoms with Crippen LogP contribution in [0.3, 0.4) is 0 Å². The number of ketones is 1. The fraction of sp³-hybridized carbons (Fsp3) is 0.261. The number of carbonyl (C=O) groups is 1. The molecule has 2 heterocycles. The highest BCUT2D eigenvalue weighted by Gasteiger charge is 2.41. The number of benzene rings is 2. The molecular weight excluding hydrogens is 348 g/mol. The molecule has 5 heteroatoms. The van der Waals surface area contributed by atoms with E-state index in [0.717, 1.165) is 22.3 Å². The summed E-state index contributed by atoms with van der Waals surface area (Å²) in [4.78, 5) is 13.6. The molecule has 0 radical (unpaired) electrons. The monoisotopic (exact) mass is 370 g/mol. The maximum Gasteiger partial charge on any atom is 0.234 e. The Bertz CT molecular complexity index is 973. The van der Waals surface area contributed by atoms with Crippen molar-refractivity contribution in [1.29, 1.82) is 0 Å². The minimum Gasteiger partial charge on any atom is -0.285 e. The van der Waals surface area contributed by atoms with Gasteiger partial charge in [0.05, 0.1) is 0 Å². The first-order chi connectivity index (χ1) is 13.3. The van der Waals surface area contributed by atoms with E-state index in [9.17, 15) is 4.79 Å². The zero-order chi connectivity index (χ0) is 19.9. The Balaban J connectivity index is 1.90. The molecule has 2 aliphatic heterocycles. The van der Waals surface area contributed by atoms with Crippen LogP contribution in [-0.4, -0.2) is 16.9 Å². The van der Waals surface area contributed by atoms with E-state index in [1.165, 1.54) is 0 Å². The van der Waals surface area contributed by atoms with Crippen molar-refractivity contribution >= 4 is 16.9 Å². The van der Waals surface area contributed by atoms with Gasteiger partial charge in [0.2, 0.25) is 5.78 Å². The van der Waals surface area contributed by atoms with Gasteiger partial charge in [-0.15, -0.1) is 0 Å². The van der Waals surface area contributed by atoms with Gasteiger partial charge in [0.1, 0.15) is 22.5 Å². The Kier molecular flexibility index (Phi) is 4.18. The number of carbonyl (C=O) groups excluding carboxylic acids is 1. The summed E-state index contributed by atoms with van der Waals surface area (Å²) >= 11 is 0. The summed E-state index contributed by atoms with van der Waals surface area (Å²) in [6.07, 6.45) is 0. The fourth-order valence-electron chi connectivity index (χ4n) is 3.75. The van der Waals surface area contributed by atoms with Gasteiger partial charge in [-0.1, -0.05) is 60.7 Å². The minimum atomic E-state index is -0.578. The molecule has 5 nitrogen and oxygen atoms in total. The van der Waals surface area contributed by atoms with Crippen LogP contribution in [0.2, 0.25) is 0 Å². The van der Waals surface area contributed by atoms with Crippen LogP contribution in [0.25, 0.3) is 11.1 Å². The van der Waals surface area contributed by atoms with Gasteiger partial charge in [-0.05, 0) is 38.8 Å². The van der Waals surface area contributed by atoms with E-state index in [-0.39, 0.29) is 5.78 Å². The molecule has 0 unspecified atom stereocenters. The quantitative estimate of drug-likeness (QED) is 0.664. The van der Waals surface area contributed by atoms with Crippen molar-refractivity contribution in [2.24, 2.45) is 20.5 Å². The maximum absolute atomic E-state index is 13.6. The molecule has 0 bridgehead atoms. The van der Waals surface area contributed by atoms with Gasteiger partial charge in [-0.25, -0.2) is 0 Å². The van der Waals surface area contributed by atoms with Crippen LogP contribution < -0.4 is 0 Å². The lowest BCUT2D eigenvalue weighted by Crippen LogP contribution is -2.20. The Hall–Kier alpha value is -3.21. The third kappa shape index (κ3) is 2.93. The second-order valence-corrected chi connectivity index (χ2v) is 8.03. The summed E-state index contributed by atoms with van der Waals surface area (Å²) in [7, 11) is 0. The van der Waals surface area contributed by atoms with Gasteiger partial charge in [0, 0.05) is 11.1 Å². The summed E-state index contributed by atoms with van der Waals surface area (Å²) in [6, 6.07) is 19.6. The molecule has 4 rings (SSSR count). The second kappa shape index (κ2) is 6.44. The average Bonchev–Trinajstić information content (AvgIpc) is 3.17. The predicted molar refractivity (Wildman–Crippen MR) is 110 cm³/mol. The molecular formula is C23H22N4O. The second-order valence-electron chi connectivity index (χ2n) is 8.03. The molecule has 0 amide bonds. The Morgan fingerprint density at radius 2 is 1.00 bits per heavy atom. The highest BCUT2D eigenvalue weighted by Crippen LogP contribution is 2.44. The van der Waals surface area contributed by atoms with Gasteiger partial charge in [0.25, 0.3) is 0 Å². The van der Waals surface area contributed by atoms with E-state index in [0.29, 0.717) is 11.4 Å². The van der Waals surface area contributed by atoms with Crippen LogP contribution in [-0.2, 0) is 4.79 Å². The van der Waals surface area contributed by atoms with Gasteiger partial charge < -0.3 is 0 Å². The summed E-state index contributed by atoms with van der Waals surface area (Å²) in [5, 5.41) is 17.3. The lowest BCUT2D eigenvalue weighted by Gasteiger charge is -2.19. The van der Waals surface area contributed by atoms with Gasteiger partial charge in [-0.2, -0.15) is 20.5 Å². The van der Waals surface area contributed by atoms with E-state index in [1.54, 1.807) is 0 Å². The fourth-order valence-corrected chi connectivity index (χ4v) is 3.75. The third-order valence-electron chi connectivity index (χ3n) is 5.05. The van der Waals surface area contributed by atoms with Crippen molar-refractivity contribution in [3.05, 3.63) is 83.2 Å². The molecule has 0 aliphatic carbocycles. The molecule has 140 valence electrons. The first kappa shape index (κ1) is 18.2. The van der Waals surface area contributed by atoms with Crippen molar-refractivity contribution in [3.63, 3.8) is 0 Å². The van der Waals surface area contributed by atoms with E-state index < -0.39 is 11.1 Å². The molecule has 2 aliphatic rings. The van der Waals surface area contributed by atoms with Crippen molar-refractivity contribution < 1.29 is 4.79 Å². The molecule has 0 spiro atoms.